The van der Waals surface area contributed by atoms with Gasteiger partial charge in [0.15, 0.2) is 0 Å². The Morgan fingerprint density at radius 2 is 1.67 bits per heavy atom. The number of hydrogen-bond acceptors (Lipinski definition) is 0. The second-order valence-electron chi connectivity index (χ2n) is 4.80. The fraction of sp³-hybridized carbons (Fsp3) is 0.600. The molecule has 0 aromatic heterocycles. The molecule has 102 valence electrons. The van der Waals surface area contributed by atoms with Crippen molar-refractivity contribution in [3.63, 3.8) is 0 Å². The Hall–Kier alpha value is -0.990. The zero-order chi connectivity index (χ0) is 13.6. The number of unbranched alkanes of at least 4 members (excludes halogenated alkanes) is 4. The number of aryl methyl sites for hydroxylation is 2. The van der Waals surface area contributed by atoms with Gasteiger partial charge in [-0.15, -0.1) is 0 Å². The van der Waals surface area contributed by atoms with Gasteiger partial charge in [0.2, 0.25) is 0 Å². The highest BCUT2D eigenvalue weighted by molar-refractivity contribution is 5.32. The van der Waals surface area contributed by atoms with Crippen LogP contribution in [0.3, 0.4) is 0 Å². The minimum Gasteiger partial charge on any atom is -0.166 e. The van der Waals surface area contributed by atoms with Crippen LogP contribution in [0.1, 0.15) is 55.7 Å². The van der Waals surface area contributed by atoms with Crippen molar-refractivity contribution >= 4 is 0 Å². The van der Waals surface area contributed by atoms with E-state index in [0.717, 1.165) is 30.4 Å². The normalized spacial score (nSPS) is 11.8. The topological polar surface area (TPSA) is 0 Å². The van der Waals surface area contributed by atoms with Gasteiger partial charge >= 0.3 is 6.18 Å². The van der Waals surface area contributed by atoms with Crippen LogP contribution in [-0.2, 0) is 12.6 Å². The molecule has 0 saturated carbocycles. The summed E-state index contributed by atoms with van der Waals surface area (Å²) in [6.45, 7) is 3.93. The molecule has 0 aliphatic carbocycles. The molecule has 0 nitrogen and oxygen atoms in total. The van der Waals surface area contributed by atoms with Crippen molar-refractivity contribution in [2.24, 2.45) is 0 Å². The third-order valence-electron chi connectivity index (χ3n) is 3.22. The Labute approximate surface area is 107 Å². The van der Waals surface area contributed by atoms with Gasteiger partial charge in [-0.3, -0.25) is 0 Å². The van der Waals surface area contributed by atoms with Crippen LogP contribution in [0.2, 0.25) is 0 Å². The van der Waals surface area contributed by atoms with Crippen LogP contribution in [-0.4, -0.2) is 0 Å². The summed E-state index contributed by atoms with van der Waals surface area (Å²) in [5.74, 6) is 0. The van der Waals surface area contributed by atoms with Gasteiger partial charge in [0.1, 0.15) is 0 Å². The van der Waals surface area contributed by atoms with E-state index in [-0.39, 0.29) is 0 Å². The van der Waals surface area contributed by atoms with E-state index >= 15 is 0 Å². The first kappa shape index (κ1) is 15.1. The largest absolute Gasteiger partial charge is 0.416 e. The van der Waals surface area contributed by atoms with Crippen molar-refractivity contribution in [2.45, 2.75) is 58.5 Å². The molecule has 0 unspecified atom stereocenters. The van der Waals surface area contributed by atoms with Gasteiger partial charge in [0, 0.05) is 0 Å². The fourth-order valence-corrected chi connectivity index (χ4v) is 2.07. The van der Waals surface area contributed by atoms with Crippen LogP contribution in [0.25, 0.3) is 0 Å². The first-order chi connectivity index (χ1) is 8.45. The highest BCUT2D eigenvalue weighted by Gasteiger charge is 2.30. The molecule has 0 aliphatic rings. The summed E-state index contributed by atoms with van der Waals surface area (Å²) < 4.78 is 37.5. The van der Waals surface area contributed by atoms with Crippen LogP contribution in [0.4, 0.5) is 13.2 Å². The SMILES string of the molecule is CCCCCCCc1ccc(C(F)(F)F)cc1C. The number of hydrogen-bond donors (Lipinski definition) is 0. The molecule has 0 aliphatic heterocycles. The lowest BCUT2D eigenvalue weighted by Crippen LogP contribution is -2.05. The number of rotatable bonds is 6. The first-order valence-corrected chi connectivity index (χ1v) is 6.62. The maximum Gasteiger partial charge on any atom is 0.416 e. The molecule has 0 atom stereocenters. The number of halogens is 3. The third-order valence-corrected chi connectivity index (χ3v) is 3.22. The van der Waals surface area contributed by atoms with Crippen molar-refractivity contribution in [1.82, 2.24) is 0 Å². The summed E-state index contributed by atoms with van der Waals surface area (Å²) in [5.41, 5.74) is 1.24. The quantitative estimate of drug-likeness (QED) is 0.589. The molecule has 18 heavy (non-hydrogen) atoms. The van der Waals surface area contributed by atoms with Crippen molar-refractivity contribution < 1.29 is 13.2 Å². The molecule has 1 aromatic rings. The van der Waals surface area contributed by atoms with Crippen LogP contribution in [0.15, 0.2) is 18.2 Å². The molecule has 1 rings (SSSR count). The Balaban J connectivity index is 2.53. The molecule has 0 heterocycles. The van der Waals surface area contributed by atoms with E-state index in [4.69, 9.17) is 0 Å². The van der Waals surface area contributed by atoms with E-state index in [1.165, 1.54) is 31.4 Å². The summed E-state index contributed by atoms with van der Waals surface area (Å²) in [7, 11) is 0. The van der Waals surface area contributed by atoms with E-state index in [2.05, 4.69) is 6.92 Å². The maximum atomic E-state index is 12.5. The van der Waals surface area contributed by atoms with Gasteiger partial charge in [-0.05, 0) is 43.0 Å². The Bertz CT molecular complexity index is 366. The maximum absolute atomic E-state index is 12.5. The predicted molar refractivity (Wildman–Crippen MR) is 68.6 cm³/mol. The standard InChI is InChI=1S/C15H21F3/c1-3-4-5-6-7-8-13-9-10-14(11-12(13)2)15(16,17)18/h9-11H,3-8H2,1-2H3. The van der Waals surface area contributed by atoms with Crippen molar-refractivity contribution in [2.75, 3.05) is 0 Å². The summed E-state index contributed by atoms with van der Waals surface area (Å²) in [5, 5.41) is 0. The first-order valence-electron chi connectivity index (χ1n) is 6.62. The van der Waals surface area contributed by atoms with Crippen LogP contribution in [0.5, 0.6) is 0 Å². The Kier molecular flexibility index (Phi) is 5.70. The predicted octanol–water partition coefficient (Wildman–Crippen LogP) is 5.53. The third kappa shape index (κ3) is 4.71. The molecule has 3 heteroatoms. The summed E-state index contributed by atoms with van der Waals surface area (Å²) in [4.78, 5) is 0. The number of benzene rings is 1. The lowest BCUT2D eigenvalue weighted by atomic mass is 9.99. The smallest absolute Gasteiger partial charge is 0.166 e. The average Bonchev–Trinajstić information content (AvgIpc) is 2.29. The summed E-state index contributed by atoms with van der Waals surface area (Å²) >= 11 is 0. The van der Waals surface area contributed by atoms with Crippen molar-refractivity contribution in [3.8, 4) is 0 Å². The van der Waals surface area contributed by atoms with E-state index in [1.54, 1.807) is 13.0 Å². The Morgan fingerprint density at radius 1 is 1.00 bits per heavy atom. The van der Waals surface area contributed by atoms with Gasteiger partial charge in [0.25, 0.3) is 0 Å². The zero-order valence-electron chi connectivity index (χ0n) is 11.1. The molecular formula is C15H21F3. The molecule has 0 fully saturated rings. The highest BCUT2D eigenvalue weighted by atomic mass is 19.4. The van der Waals surface area contributed by atoms with Crippen LogP contribution in [0, 0.1) is 6.92 Å². The summed E-state index contributed by atoms with van der Waals surface area (Å²) in [6, 6.07) is 4.06. The number of alkyl halides is 3. The molecule has 0 bridgehead atoms. The highest BCUT2D eigenvalue weighted by Crippen LogP contribution is 2.30. The Morgan fingerprint density at radius 3 is 2.22 bits per heavy atom. The monoisotopic (exact) mass is 258 g/mol. The minimum absolute atomic E-state index is 0.547. The van der Waals surface area contributed by atoms with Crippen LogP contribution >= 0.6 is 0 Å². The molecule has 1 aromatic carbocycles. The summed E-state index contributed by atoms with van der Waals surface area (Å²) in [6.07, 6.45) is 2.54. The van der Waals surface area contributed by atoms with E-state index in [0.29, 0.717) is 0 Å². The fourth-order valence-electron chi connectivity index (χ4n) is 2.07. The average molecular weight is 258 g/mol. The lowest BCUT2D eigenvalue weighted by Gasteiger charge is -2.11. The zero-order valence-corrected chi connectivity index (χ0v) is 11.1. The van der Waals surface area contributed by atoms with Crippen LogP contribution < -0.4 is 0 Å². The van der Waals surface area contributed by atoms with Gasteiger partial charge < -0.3 is 0 Å². The van der Waals surface area contributed by atoms with Gasteiger partial charge in [0.05, 0.1) is 5.56 Å². The molecule has 0 amide bonds. The second kappa shape index (κ2) is 6.81. The molecular weight excluding hydrogens is 237 g/mol. The van der Waals surface area contributed by atoms with Gasteiger partial charge in [-0.1, -0.05) is 38.7 Å². The minimum atomic E-state index is -4.23. The molecule has 0 spiro atoms. The van der Waals surface area contributed by atoms with Gasteiger partial charge in [-0.25, -0.2) is 0 Å². The molecule has 0 radical (unpaired) electrons. The molecule has 0 saturated heterocycles. The van der Waals surface area contributed by atoms with E-state index in [9.17, 15) is 13.2 Å². The van der Waals surface area contributed by atoms with Gasteiger partial charge in [-0.2, -0.15) is 13.2 Å². The van der Waals surface area contributed by atoms with E-state index < -0.39 is 11.7 Å². The molecule has 0 N–H and O–H groups in total. The van der Waals surface area contributed by atoms with Crippen molar-refractivity contribution in [3.05, 3.63) is 34.9 Å². The van der Waals surface area contributed by atoms with Crippen molar-refractivity contribution in [1.29, 1.82) is 0 Å². The lowest BCUT2D eigenvalue weighted by molar-refractivity contribution is -0.137. The van der Waals surface area contributed by atoms with E-state index in [1.807, 2.05) is 0 Å². The second-order valence-corrected chi connectivity index (χ2v) is 4.80.